The fourth-order valence-electron chi connectivity index (χ4n) is 1.56. The van der Waals surface area contributed by atoms with Crippen molar-refractivity contribution in [3.63, 3.8) is 0 Å². The predicted molar refractivity (Wildman–Crippen MR) is 72.2 cm³/mol. The summed E-state index contributed by atoms with van der Waals surface area (Å²) in [5.74, 6) is 2.90. The fraction of sp³-hybridized carbons (Fsp3) is 0.286. The van der Waals surface area contributed by atoms with Crippen molar-refractivity contribution in [2.75, 3.05) is 7.05 Å². The lowest BCUT2D eigenvalue weighted by molar-refractivity contribution is 0.469. The fourth-order valence-corrected chi connectivity index (χ4v) is 2.35. The molecule has 90 valence electrons. The molecule has 0 saturated carbocycles. The lowest BCUT2D eigenvalue weighted by Gasteiger charge is -2.00. The Morgan fingerprint density at radius 3 is 2.47 bits per heavy atom. The van der Waals surface area contributed by atoms with Crippen LogP contribution in [0.2, 0.25) is 0 Å². The number of aryl methyl sites for hydroxylation is 1. The molecule has 0 amide bonds. The SMILES string of the molecule is CNCc1ccc(CSc2ccc(C)cc2)o1. The average molecular weight is 247 g/mol. The van der Waals surface area contributed by atoms with E-state index in [-0.39, 0.29) is 0 Å². The Bertz CT molecular complexity index is 461. The van der Waals surface area contributed by atoms with Gasteiger partial charge in [0, 0.05) is 4.90 Å². The maximum absolute atomic E-state index is 5.69. The zero-order valence-electron chi connectivity index (χ0n) is 10.2. The summed E-state index contributed by atoms with van der Waals surface area (Å²) in [5, 5.41) is 3.08. The molecule has 1 aromatic heterocycles. The minimum atomic E-state index is 0.787. The second kappa shape index (κ2) is 5.94. The summed E-state index contributed by atoms with van der Waals surface area (Å²) in [6, 6.07) is 12.7. The molecule has 17 heavy (non-hydrogen) atoms. The van der Waals surface area contributed by atoms with E-state index in [1.807, 2.05) is 19.2 Å². The predicted octanol–water partition coefficient (Wildman–Crippen LogP) is 3.60. The molecule has 2 aromatic rings. The van der Waals surface area contributed by atoms with E-state index < -0.39 is 0 Å². The molecule has 0 atom stereocenters. The van der Waals surface area contributed by atoms with Gasteiger partial charge in [-0.15, -0.1) is 11.8 Å². The van der Waals surface area contributed by atoms with Gasteiger partial charge >= 0.3 is 0 Å². The minimum Gasteiger partial charge on any atom is -0.464 e. The topological polar surface area (TPSA) is 25.2 Å². The van der Waals surface area contributed by atoms with Gasteiger partial charge < -0.3 is 9.73 Å². The third kappa shape index (κ3) is 3.65. The molecule has 0 aliphatic rings. The molecular weight excluding hydrogens is 230 g/mol. The second-order valence-corrected chi connectivity index (χ2v) is 5.05. The Morgan fingerprint density at radius 1 is 1.06 bits per heavy atom. The van der Waals surface area contributed by atoms with Crippen LogP contribution in [0.5, 0.6) is 0 Å². The maximum atomic E-state index is 5.69. The molecule has 2 rings (SSSR count). The zero-order chi connectivity index (χ0) is 12.1. The van der Waals surface area contributed by atoms with E-state index in [4.69, 9.17) is 4.42 Å². The van der Waals surface area contributed by atoms with E-state index in [1.165, 1.54) is 10.5 Å². The third-order valence-corrected chi connectivity index (χ3v) is 3.50. The number of furan rings is 1. The smallest absolute Gasteiger partial charge is 0.117 e. The number of hydrogen-bond acceptors (Lipinski definition) is 3. The summed E-state index contributed by atoms with van der Waals surface area (Å²) in [6.45, 7) is 2.89. The summed E-state index contributed by atoms with van der Waals surface area (Å²) in [6.07, 6.45) is 0. The molecule has 1 heterocycles. The van der Waals surface area contributed by atoms with Gasteiger partial charge in [0.25, 0.3) is 0 Å². The molecule has 1 N–H and O–H groups in total. The highest BCUT2D eigenvalue weighted by Gasteiger charge is 2.02. The highest BCUT2D eigenvalue weighted by molar-refractivity contribution is 7.98. The van der Waals surface area contributed by atoms with Crippen molar-refractivity contribution in [1.29, 1.82) is 0 Å². The first-order valence-corrected chi connectivity index (χ1v) is 6.68. The highest BCUT2D eigenvalue weighted by atomic mass is 32.2. The van der Waals surface area contributed by atoms with Crippen LogP contribution in [-0.2, 0) is 12.3 Å². The van der Waals surface area contributed by atoms with Crippen molar-refractivity contribution < 1.29 is 4.42 Å². The number of rotatable bonds is 5. The lowest BCUT2D eigenvalue weighted by atomic mass is 10.2. The quantitative estimate of drug-likeness (QED) is 0.817. The lowest BCUT2D eigenvalue weighted by Crippen LogP contribution is -2.03. The standard InChI is InChI=1S/C14H17NOS/c1-11-3-7-14(8-4-11)17-10-13-6-5-12(16-13)9-15-2/h3-8,15H,9-10H2,1-2H3. The molecule has 3 heteroatoms. The van der Waals surface area contributed by atoms with E-state index >= 15 is 0 Å². The molecule has 0 aliphatic carbocycles. The van der Waals surface area contributed by atoms with Crippen molar-refractivity contribution in [2.24, 2.45) is 0 Å². The van der Waals surface area contributed by atoms with Crippen LogP contribution < -0.4 is 5.32 Å². The Morgan fingerprint density at radius 2 is 1.76 bits per heavy atom. The van der Waals surface area contributed by atoms with Crippen LogP contribution >= 0.6 is 11.8 Å². The minimum absolute atomic E-state index is 0.787. The molecule has 0 bridgehead atoms. The van der Waals surface area contributed by atoms with E-state index in [1.54, 1.807) is 11.8 Å². The maximum Gasteiger partial charge on any atom is 0.117 e. The van der Waals surface area contributed by atoms with Crippen molar-refractivity contribution in [3.8, 4) is 0 Å². The number of benzene rings is 1. The van der Waals surface area contributed by atoms with Gasteiger partial charge in [-0.2, -0.15) is 0 Å². The summed E-state index contributed by atoms with van der Waals surface area (Å²) in [5.41, 5.74) is 1.30. The van der Waals surface area contributed by atoms with Gasteiger partial charge in [0.15, 0.2) is 0 Å². The zero-order valence-corrected chi connectivity index (χ0v) is 11.0. The van der Waals surface area contributed by atoms with Crippen LogP contribution in [0.3, 0.4) is 0 Å². The van der Waals surface area contributed by atoms with Gasteiger partial charge in [-0.1, -0.05) is 17.7 Å². The monoisotopic (exact) mass is 247 g/mol. The highest BCUT2D eigenvalue weighted by Crippen LogP contribution is 2.23. The van der Waals surface area contributed by atoms with E-state index in [0.29, 0.717) is 0 Å². The molecule has 0 spiro atoms. The molecule has 0 radical (unpaired) electrons. The Hall–Kier alpha value is -1.19. The third-order valence-electron chi connectivity index (χ3n) is 2.47. The van der Waals surface area contributed by atoms with Crippen LogP contribution in [0.25, 0.3) is 0 Å². The summed E-state index contributed by atoms with van der Waals surface area (Å²) in [4.78, 5) is 1.28. The average Bonchev–Trinajstić information content (AvgIpc) is 2.77. The largest absolute Gasteiger partial charge is 0.464 e. The van der Waals surface area contributed by atoms with Gasteiger partial charge in [0.1, 0.15) is 11.5 Å². The Labute approximate surface area is 106 Å². The van der Waals surface area contributed by atoms with Gasteiger partial charge in [0.05, 0.1) is 12.3 Å². The van der Waals surface area contributed by atoms with Crippen LogP contribution in [-0.4, -0.2) is 7.05 Å². The Kier molecular flexibility index (Phi) is 4.29. The first kappa shape index (κ1) is 12.3. The molecule has 0 aliphatic heterocycles. The summed E-state index contributed by atoms with van der Waals surface area (Å²) < 4.78 is 5.69. The first-order chi connectivity index (χ1) is 8.28. The Balaban J connectivity index is 1.90. The van der Waals surface area contributed by atoms with Gasteiger partial charge in [-0.3, -0.25) is 0 Å². The first-order valence-electron chi connectivity index (χ1n) is 5.69. The van der Waals surface area contributed by atoms with Crippen LogP contribution in [0.15, 0.2) is 45.7 Å². The van der Waals surface area contributed by atoms with Gasteiger partial charge in [0.2, 0.25) is 0 Å². The molecule has 0 fully saturated rings. The van der Waals surface area contributed by atoms with Crippen molar-refractivity contribution >= 4 is 11.8 Å². The number of hydrogen-bond donors (Lipinski definition) is 1. The van der Waals surface area contributed by atoms with E-state index in [0.717, 1.165) is 23.8 Å². The molecular formula is C14H17NOS. The second-order valence-electron chi connectivity index (χ2n) is 4.00. The van der Waals surface area contributed by atoms with Crippen molar-refractivity contribution in [1.82, 2.24) is 5.32 Å². The van der Waals surface area contributed by atoms with Crippen LogP contribution in [0, 0.1) is 6.92 Å². The molecule has 0 unspecified atom stereocenters. The van der Waals surface area contributed by atoms with E-state index in [9.17, 15) is 0 Å². The molecule has 0 saturated heterocycles. The number of nitrogens with one attached hydrogen (secondary N) is 1. The number of thioether (sulfide) groups is 1. The normalized spacial score (nSPS) is 10.7. The summed E-state index contributed by atoms with van der Waals surface area (Å²) in [7, 11) is 1.92. The van der Waals surface area contributed by atoms with Gasteiger partial charge in [-0.25, -0.2) is 0 Å². The molecule has 1 aromatic carbocycles. The van der Waals surface area contributed by atoms with Crippen LogP contribution in [0.1, 0.15) is 17.1 Å². The van der Waals surface area contributed by atoms with Crippen LogP contribution in [0.4, 0.5) is 0 Å². The van der Waals surface area contributed by atoms with Crippen molar-refractivity contribution in [2.45, 2.75) is 24.1 Å². The van der Waals surface area contributed by atoms with Gasteiger partial charge in [-0.05, 0) is 38.2 Å². The summed E-state index contributed by atoms with van der Waals surface area (Å²) >= 11 is 1.80. The van der Waals surface area contributed by atoms with Crippen molar-refractivity contribution in [3.05, 3.63) is 53.5 Å². The molecule has 2 nitrogen and oxygen atoms in total. The van der Waals surface area contributed by atoms with E-state index in [2.05, 4.69) is 36.5 Å².